The highest BCUT2D eigenvalue weighted by Gasteiger charge is 2.04. The van der Waals surface area contributed by atoms with Crippen LogP contribution >= 0.6 is 11.8 Å². The number of rotatable bonds is 6. The van der Waals surface area contributed by atoms with Gasteiger partial charge in [0.2, 0.25) is 0 Å². The van der Waals surface area contributed by atoms with Crippen LogP contribution in [0.4, 0.5) is 0 Å². The molecule has 0 aliphatic rings. The molecule has 96 valence electrons. The van der Waals surface area contributed by atoms with Crippen molar-refractivity contribution in [3.8, 4) is 0 Å². The third kappa shape index (κ3) is 3.39. The lowest BCUT2D eigenvalue weighted by molar-refractivity contribution is 0.623. The molecule has 0 atom stereocenters. The first-order valence-corrected chi connectivity index (χ1v) is 7.55. The molecule has 0 N–H and O–H groups in total. The van der Waals surface area contributed by atoms with E-state index in [0.29, 0.717) is 0 Å². The second-order valence-corrected chi connectivity index (χ2v) is 5.39. The summed E-state index contributed by atoms with van der Waals surface area (Å²) in [6.07, 6.45) is 2.08. The highest BCUT2D eigenvalue weighted by molar-refractivity contribution is 7.99. The molecule has 3 heteroatoms. The molecule has 2 nitrogen and oxygen atoms in total. The predicted molar refractivity (Wildman–Crippen MR) is 78.1 cm³/mol. The largest absolute Gasteiger partial charge is 0.268 e. The minimum Gasteiger partial charge on any atom is -0.268 e. The quantitative estimate of drug-likeness (QED) is 0.735. The van der Waals surface area contributed by atoms with Crippen molar-refractivity contribution < 1.29 is 0 Å². The molecule has 2 rings (SSSR count). The lowest BCUT2D eigenvalue weighted by Gasteiger charge is -2.05. The van der Waals surface area contributed by atoms with Crippen LogP contribution in [0.5, 0.6) is 0 Å². The van der Waals surface area contributed by atoms with Crippen molar-refractivity contribution in [2.24, 2.45) is 0 Å². The summed E-state index contributed by atoms with van der Waals surface area (Å²) >= 11 is 1.89. The molecule has 1 heterocycles. The Kier molecular flexibility index (Phi) is 4.88. The second kappa shape index (κ2) is 6.64. The molecule has 0 bridgehead atoms. The molecular formula is C15H20N2S. The van der Waals surface area contributed by atoms with Crippen molar-refractivity contribution in [2.75, 3.05) is 5.75 Å². The van der Waals surface area contributed by atoms with Gasteiger partial charge in [-0.25, -0.2) is 0 Å². The van der Waals surface area contributed by atoms with E-state index in [1.807, 2.05) is 11.8 Å². The van der Waals surface area contributed by atoms with Crippen LogP contribution in [0.2, 0.25) is 0 Å². The number of nitrogens with zero attached hydrogens (tertiary/aromatic N) is 2. The number of thioether (sulfide) groups is 1. The van der Waals surface area contributed by atoms with Crippen LogP contribution in [0.15, 0.2) is 41.3 Å². The highest BCUT2D eigenvalue weighted by atomic mass is 32.2. The highest BCUT2D eigenvalue weighted by Crippen LogP contribution is 2.17. The standard InChI is InChI=1S/C15H20N2S/c1-3-13-12-14(4-2)17(16-13)10-11-18-15-8-6-5-7-9-15/h5-9,12H,3-4,10-11H2,1-2H3. The Morgan fingerprint density at radius 3 is 2.56 bits per heavy atom. The number of aryl methyl sites for hydroxylation is 3. The fourth-order valence-corrected chi connectivity index (χ4v) is 2.78. The predicted octanol–water partition coefficient (Wildman–Crippen LogP) is 3.80. The molecule has 0 spiro atoms. The van der Waals surface area contributed by atoms with Gasteiger partial charge in [0.1, 0.15) is 0 Å². The molecular weight excluding hydrogens is 240 g/mol. The first-order chi connectivity index (χ1) is 8.83. The Balaban J connectivity index is 1.92. The number of hydrogen-bond donors (Lipinski definition) is 0. The van der Waals surface area contributed by atoms with E-state index in [9.17, 15) is 0 Å². The van der Waals surface area contributed by atoms with Crippen molar-refractivity contribution in [3.63, 3.8) is 0 Å². The molecule has 0 saturated heterocycles. The molecule has 0 aliphatic carbocycles. The maximum atomic E-state index is 4.63. The summed E-state index contributed by atoms with van der Waals surface area (Å²) in [5, 5.41) is 4.63. The SMILES string of the molecule is CCc1cc(CC)n(CCSc2ccccc2)n1. The van der Waals surface area contributed by atoms with E-state index in [2.05, 4.69) is 60.0 Å². The van der Waals surface area contributed by atoms with Gasteiger partial charge in [-0.1, -0.05) is 32.0 Å². The first kappa shape index (κ1) is 13.2. The average molecular weight is 260 g/mol. The zero-order chi connectivity index (χ0) is 12.8. The summed E-state index contributed by atoms with van der Waals surface area (Å²) in [7, 11) is 0. The van der Waals surface area contributed by atoms with Gasteiger partial charge in [-0.05, 0) is 31.0 Å². The van der Waals surface area contributed by atoms with E-state index >= 15 is 0 Å². The molecule has 0 amide bonds. The van der Waals surface area contributed by atoms with Crippen molar-refractivity contribution in [1.82, 2.24) is 9.78 Å². The van der Waals surface area contributed by atoms with Gasteiger partial charge in [-0.3, -0.25) is 4.68 Å². The Hall–Kier alpha value is -1.22. The molecule has 1 aromatic heterocycles. The average Bonchev–Trinajstić information content (AvgIpc) is 2.82. The normalized spacial score (nSPS) is 10.8. The summed E-state index contributed by atoms with van der Waals surface area (Å²) in [6.45, 7) is 5.34. The third-order valence-electron chi connectivity index (χ3n) is 2.95. The van der Waals surface area contributed by atoms with E-state index < -0.39 is 0 Å². The molecule has 0 saturated carbocycles. The molecule has 1 aromatic carbocycles. The van der Waals surface area contributed by atoms with Gasteiger partial charge in [0.25, 0.3) is 0 Å². The Labute approximate surface area is 113 Å². The topological polar surface area (TPSA) is 17.8 Å². The maximum Gasteiger partial charge on any atom is 0.0624 e. The summed E-state index contributed by atoms with van der Waals surface area (Å²) < 4.78 is 2.16. The summed E-state index contributed by atoms with van der Waals surface area (Å²) in [5.74, 6) is 1.07. The van der Waals surface area contributed by atoms with Gasteiger partial charge in [0.05, 0.1) is 12.2 Å². The molecule has 0 unspecified atom stereocenters. The van der Waals surface area contributed by atoms with E-state index in [4.69, 9.17) is 0 Å². The number of benzene rings is 1. The van der Waals surface area contributed by atoms with Crippen molar-refractivity contribution in [2.45, 2.75) is 38.1 Å². The third-order valence-corrected chi connectivity index (χ3v) is 3.95. The lowest BCUT2D eigenvalue weighted by atomic mass is 10.3. The smallest absolute Gasteiger partial charge is 0.0624 e. The number of hydrogen-bond acceptors (Lipinski definition) is 2. The van der Waals surface area contributed by atoms with Crippen LogP contribution in [-0.4, -0.2) is 15.5 Å². The summed E-state index contributed by atoms with van der Waals surface area (Å²) in [5.41, 5.74) is 2.55. The van der Waals surface area contributed by atoms with E-state index in [-0.39, 0.29) is 0 Å². The fourth-order valence-electron chi connectivity index (χ4n) is 1.93. The van der Waals surface area contributed by atoms with Gasteiger partial charge in [-0.2, -0.15) is 5.10 Å². The van der Waals surface area contributed by atoms with Crippen LogP contribution in [0, 0.1) is 0 Å². The zero-order valence-corrected chi connectivity index (χ0v) is 11.9. The molecule has 18 heavy (non-hydrogen) atoms. The van der Waals surface area contributed by atoms with Crippen molar-refractivity contribution in [1.29, 1.82) is 0 Å². The van der Waals surface area contributed by atoms with Crippen molar-refractivity contribution in [3.05, 3.63) is 47.8 Å². The van der Waals surface area contributed by atoms with Gasteiger partial charge in [0, 0.05) is 16.3 Å². The zero-order valence-electron chi connectivity index (χ0n) is 11.1. The van der Waals surface area contributed by atoms with Gasteiger partial charge < -0.3 is 0 Å². The molecule has 0 aliphatic heterocycles. The van der Waals surface area contributed by atoms with Crippen LogP contribution in [0.25, 0.3) is 0 Å². The van der Waals surface area contributed by atoms with Crippen LogP contribution in [-0.2, 0) is 19.4 Å². The fraction of sp³-hybridized carbons (Fsp3) is 0.400. The maximum absolute atomic E-state index is 4.63. The Morgan fingerprint density at radius 1 is 1.11 bits per heavy atom. The molecule has 0 fully saturated rings. The monoisotopic (exact) mass is 260 g/mol. The Morgan fingerprint density at radius 2 is 1.89 bits per heavy atom. The van der Waals surface area contributed by atoms with Crippen LogP contribution in [0.1, 0.15) is 25.2 Å². The number of aromatic nitrogens is 2. The Bertz CT molecular complexity index is 476. The van der Waals surface area contributed by atoms with Gasteiger partial charge >= 0.3 is 0 Å². The van der Waals surface area contributed by atoms with E-state index in [1.54, 1.807) is 0 Å². The summed E-state index contributed by atoms with van der Waals surface area (Å²) in [6, 6.07) is 12.8. The van der Waals surface area contributed by atoms with Crippen LogP contribution < -0.4 is 0 Å². The minimum atomic E-state index is 0.989. The van der Waals surface area contributed by atoms with Gasteiger partial charge in [-0.15, -0.1) is 11.8 Å². The molecule has 0 radical (unpaired) electrons. The first-order valence-electron chi connectivity index (χ1n) is 6.57. The summed E-state index contributed by atoms with van der Waals surface area (Å²) in [4.78, 5) is 1.33. The second-order valence-electron chi connectivity index (χ2n) is 4.22. The van der Waals surface area contributed by atoms with E-state index in [1.165, 1.54) is 16.3 Å². The van der Waals surface area contributed by atoms with Crippen molar-refractivity contribution >= 4 is 11.8 Å². The van der Waals surface area contributed by atoms with Crippen LogP contribution in [0.3, 0.4) is 0 Å². The van der Waals surface area contributed by atoms with E-state index in [0.717, 1.165) is 25.1 Å². The minimum absolute atomic E-state index is 0.989. The van der Waals surface area contributed by atoms with Gasteiger partial charge in [0.15, 0.2) is 0 Å². The lowest BCUT2D eigenvalue weighted by Crippen LogP contribution is -2.06. The molecule has 2 aromatic rings.